The Bertz CT molecular complexity index is 307. The van der Waals surface area contributed by atoms with Gasteiger partial charge in [0, 0.05) is 12.1 Å². The van der Waals surface area contributed by atoms with Crippen LogP contribution in [0.15, 0.2) is 42.5 Å². The molecule has 1 heterocycles. The zero-order valence-electron chi connectivity index (χ0n) is 8.06. The standard InChI is InChI=1S/C12H15NO/c14-9-11-7-4-8-12(13-11)10-5-2-1-3-6-10/h1-7,11-14H,8-9H2/t11-,12+/m0/s1. The molecule has 2 N–H and O–H groups in total. The van der Waals surface area contributed by atoms with Gasteiger partial charge in [-0.05, 0) is 12.0 Å². The van der Waals surface area contributed by atoms with Crippen molar-refractivity contribution >= 4 is 0 Å². The first kappa shape index (κ1) is 9.44. The third-order valence-corrected chi connectivity index (χ3v) is 2.55. The van der Waals surface area contributed by atoms with Crippen LogP contribution in [0.2, 0.25) is 0 Å². The number of aliphatic hydroxyl groups excluding tert-OH is 1. The molecule has 0 radical (unpaired) electrons. The summed E-state index contributed by atoms with van der Waals surface area (Å²) in [6.07, 6.45) is 5.16. The number of hydrogen-bond donors (Lipinski definition) is 2. The second-order valence-corrected chi connectivity index (χ2v) is 3.58. The Labute approximate surface area is 84.3 Å². The highest BCUT2D eigenvalue weighted by Crippen LogP contribution is 2.20. The minimum atomic E-state index is 0.106. The summed E-state index contributed by atoms with van der Waals surface area (Å²) < 4.78 is 0. The molecule has 2 nitrogen and oxygen atoms in total. The quantitative estimate of drug-likeness (QED) is 0.693. The van der Waals surface area contributed by atoms with E-state index in [1.807, 2.05) is 24.3 Å². The van der Waals surface area contributed by atoms with Crippen LogP contribution in [0.4, 0.5) is 0 Å². The Morgan fingerprint density at radius 3 is 2.79 bits per heavy atom. The maximum Gasteiger partial charge on any atom is 0.0620 e. The summed E-state index contributed by atoms with van der Waals surface area (Å²) in [4.78, 5) is 0. The molecule has 74 valence electrons. The molecule has 14 heavy (non-hydrogen) atoms. The van der Waals surface area contributed by atoms with Crippen LogP contribution in [0.25, 0.3) is 0 Å². The van der Waals surface area contributed by atoms with Crippen LogP contribution < -0.4 is 5.32 Å². The van der Waals surface area contributed by atoms with E-state index in [2.05, 4.69) is 23.5 Å². The Hall–Kier alpha value is -1.12. The first-order valence-corrected chi connectivity index (χ1v) is 4.98. The smallest absolute Gasteiger partial charge is 0.0620 e. The molecule has 2 atom stereocenters. The van der Waals surface area contributed by atoms with Gasteiger partial charge >= 0.3 is 0 Å². The molecule has 2 rings (SSSR count). The van der Waals surface area contributed by atoms with Gasteiger partial charge in [0.15, 0.2) is 0 Å². The summed E-state index contributed by atoms with van der Waals surface area (Å²) in [5.41, 5.74) is 1.29. The number of rotatable bonds is 2. The Morgan fingerprint density at radius 1 is 1.29 bits per heavy atom. The summed E-state index contributed by atoms with van der Waals surface area (Å²) in [5.74, 6) is 0. The second-order valence-electron chi connectivity index (χ2n) is 3.58. The zero-order chi connectivity index (χ0) is 9.80. The molecule has 0 aromatic heterocycles. The van der Waals surface area contributed by atoms with E-state index < -0.39 is 0 Å². The molecule has 0 saturated heterocycles. The number of aliphatic hydroxyl groups is 1. The van der Waals surface area contributed by atoms with Crippen molar-refractivity contribution in [3.8, 4) is 0 Å². The highest BCUT2D eigenvalue weighted by atomic mass is 16.3. The lowest BCUT2D eigenvalue weighted by atomic mass is 9.99. The van der Waals surface area contributed by atoms with Crippen LogP contribution in [-0.4, -0.2) is 17.8 Å². The molecular weight excluding hydrogens is 174 g/mol. The monoisotopic (exact) mass is 189 g/mol. The van der Waals surface area contributed by atoms with Crippen LogP contribution >= 0.6 is 0 Å². The van der Waals surface area contributed by atoms with Gasteiger partial charge in [0.1, 0.15) is 0 Å². The van der Waals surface area contributed by atoms with Crippen molar-refractivity contribution in [1.29, 1.82) is 0 Å². The summed E-state index contributed by atoms with van der Waals surface area (Å²) in [5, 5.41) is 12.4. The number of hydrogen-bond acceptors (Lipinski definition) is 2. The molecule has 1 aromatic rings. The van der Waals surface area contributed by atoms with Crippen LogP contribution in [0, 0.1) is 0 Å². The highest BCUT2D eigenvalue weighted by Gasteiger charge is 2.16. The molecule has 0 bridgehead atoms. The molecular formula is C12H15NO. The molecule has 1 aliphatic rings. The summed E-state index contributed by atoms with van der Waals surface area (Å²) in [6, 6.07) is 10.8. The zero-order valence-corrected chi connectivity index (χ0v) is 8.06. The first-order chi connectivity index (χ1) is 6.90. The molecule has 0 amide bonds. The number of benzene rings is 1. The molecule has 0 saturated carbocycles. The lowest BCUT2D eigenvalue weighted by Gasteiger charge is -2.26. The van der Waals surface area contributed by atoms with E-state index in [-0.39, 0.29) is 12.6 Å². The molecule has 2 heteroatoms. The van der Waals surface area contributed by atoms with Gasteiger partial charge in [-0.1, -0.05) is 42.5 Å². The van der Waals surface area contributed by atoms with Gasteiger partial charge in [-0.3, -0.25) is 0 Å². The fourth-order valence-corrected chi connectivity index (χ4v) is 1.79. The van der Waals surface area contributed by atoms with Gasteiger partial charge in [0.2, 0.25) is 0 Å². The Balaban J connectivity index is 2.10. The normalized spacial score (nSPS) is 26.4. The fourth-order valence-electron chi connectivity index (χ4n) is 1.79. The first-order valence-electron chi connectivity index (χ1n) is 4.98. The van der Waals surface area contributed by atoms with Crippen LogP contribution in [0.3, 0.4) is 0 Å². The van der Waals surface area contributed by atoms with Gasteiger partial charge in [-0.2, -0.15) is 0 Å². The fraction of sp³-hybridized carbons (Fsp3) is 0.333. The van der Waals surface area contributed by atoms with Crippen LogP contribution in [-0.2, 0) is 0 Å². The van der Waals surface area contributed by atoms with E-state index in [0.29, 0.717) is 6.04 Å². The van der Waals surface area contributed by atoms with Gasteiger partial charge in [-0.15, -0.1) is 0 Å². The SMILES string of the molecule is OC[C@@H]1C=CC[C@H](c2ccccc2)N1. The van der Waals surface area contributed by atoms with Crippen molar-refractivity contribution in [2.75, 3.05) is 6.61 Å². The molecule has 0 unspecified atom stereocenters. The minimum absolute atomic E-state index is 0.106. The summed E-state index contributed by atoms with van der Waals surface area (Å²) >= 11 is 0. The van der Waals surface area contributed by atoms with Crippen molar-refractivity contribution in [2.45, 2.75) is 18.5 Å². The molecule has 1 aromatic carbocycles. The van der Waals surface area contributed by atoms with E-state index >= 15 is 0 Å². The number of nitrogens with one attached hydrogen (secondary N) is 1. The molecule has 0 aliphatic carbocycles. The Kier molecular flexibility index (Phi) is 2.96. The van der Waals surface area contributed by atoms with E-state index in [0.717, 1.165) is 6.42 Å². The third kappa shape index (κ3) is 2.03. The third-order valence-electron chi connectivity index (χ3n) is 2.55. The topological polar surface area (TPSA) is 32.3 Å². The molecule has 0 spiro atoms. The van der Waals surface area contributed by atoms with E-state index in [1.54, 1.807) is 0 Å². The largest absolute Gasteiger partial charge is 0.394 e. The van der Waals surface area contributed by atoms with Gasteiger partial charge in [0.05, 0.1) is 6.61 Å². The average Bonchev–Trinajstić information content (AvgIpc) is 2.30. The Morgan fingerprint density at radius 2 is 2.07 bits per heavy atom. The van der Waals surface area contributed by atoms with Crippen molar-refractivity contribution in [3.63, 3.8) is 0 Å². The predicted octanol–water partition coefficient (Wildman–Crippen LogP) is 1.64. The second kappa shape index (κ2) is 4.40. The maximum atomic E-state index is 9.04. The highest BCUT2D eigenvalue weighted by molar-refractivity contribution is 5.21. The van der Waals surface area contributed by atoms with Crippen molar-refractivity contribution < 1.29 is 5.11 Å². The van der Waals surface area contributed by atoms with Crippen LogP contribution in [0.5, 0.6) is 0 Å². The van der Waals surface area contributed by atoms with Crippen molar-refractivity contribution in [2.24, 2.45) is 0 Å². The van der Waals surface area contributed by atoms with Gasteiger partial charge in [0.25, 0.3) is 0 Å². The van der Waals surface area contributed by atoms with Gasteiger partial charge in [-0.25, -0.2) is 0 Å². The molecule has 0 fully saturated rings. The van der Waals surface area contributed by atoms with Crippen molar-refractivity contribution in [1.82, 2.24) is 5.32 Å². The summed E-state index contributed by atoms with van der Waals surface area (Å²) in [6.45, 7) is 0.167. The van der Waals surface area contributed by atoms with Crippen LogP contribution in [0.1, 0.15) is 18.0 Å². The van der Waals surface area contributed by atoms with E-state index in [1.165, 1.54) is 5.56 Å². The van der Waals surface area contributed by atoms with E-state index in [9.17, 15) is 0 Å². The predicted molar refractivity (Wildman–Crippen MR) is 56.9 cm³/mol. The minimum Gasteiger partial charge on any atom is -0.394 e. The maximum absolute atomic E-state index is 9.04. The summed E-state index contributed by atoms with van der Waals surface area (Å²) in [7, 11) is 0. The van der Waals surface area contributed by atoms with Gasteiger partial charge < -0.3 is 10.4 Å². The average molecular weight is 189 g/mol. The van der Waals surface area contributed by atoms with Crippen molar-refractivity contribution in [3.05, 3.63) is 48.0 Å². The van der Waals surface area contributed by atoms with E-state index in [4.69, 9.17) is 5.11 Å². The molecule has 1 aliphatic heterocycles. The lowest BCUT2D eigenvalue weighted by Crippen LogP contribution is -2.36. The lowest BCUT2D eigenvalue weighted by molar-refractivity contribution is 0.250.